The Morgan fingerprint density at radius 2 is 2.00 bits per heavy atom. The SMILES string of the molecule is Cc1cc(OCCCC2CCN(c3ncc(Cl)cn3)CC2)nc(C)c1C(=O)NCCO. The first-order chi connectivity index (χ1) is 15.0. The first-order valence-electron chi connectivity index (χ1n) is 10.7. The molecule has 2 aromatic heterocycles. The summed E-state index contributed by atoms with van der Waals surface area (Å²) in [6.45, 7) is 6.30. The van der Waals surface area contributed by atoms with E-state index in [-0.39, 0.29) is 19.1 Å². The Kier molecular flexibility index (Phi) is 8.43. The summed E-state index contributed by atoms with van der Waals surface area (Å²) in [6, 6.07) is 1.80. The van der Waals surface area contributed by atoms with E-state index in [0.29, 0.717) is 34.7 Å². The molecule has 1 aliphatic heterocycles. The fourth-order valence-corrected chi connectivity index (χ4v) is 4.01. The highest BCUT2D eigenvalue weighted by molar-refractivity contribution is 6.30. The monoisotopic (exact) mass is 447 g/mol. The van der Waals surface area contributed by atoms with Crippen LogP contribution < -0.4 is 15.0 Å². The molecule has 0 aliphatic carbocycles. The van der Waals surface area contributed by atoms with Crippen LogP contribution in [0.4, 0.5) is 5.95 Å². The summed E-state index contributed by atoms with van der Waals surface area (Å²) in [5, 5.41) is 12.1. The molecule has 9 heteroatoms. The van der Waals surface area contributed by atoms with Crippen molar-refractivity contribution in [2.75, 3.05) is 37.7 Å². The molecule has 0 bridgehead atoms. The van der Waals surface area contributed by atoms with Crippen molar-refractivity contribution in [3.8, 4) is 5.88 Å². The first kappa shape index (κ1) is 23.2. The summed E-state index contributed by atoms with van der Waals surface area (Å²) < 4.78 is 5.85. The molecule has 0 radical (unpaired) electrons. The van der Waals surface area contributed by atoms with Gasteiger partial charge in [-0.25, -0.2) is 15.0 Å². The molecule has 3 rings (SSSR count). The van der Waals surface area contributed by atoms with Crippen LogP contribution in [0.3, 0.4) is 0 Å². The van der Waals surface area contributed by atoms with Crippen molar-refractivity contribution in [1.82, 2.24) is 20.3 Å². The molecule has 2 N–H and O–H groups in total. The molecule has 2 aromatic rings. The van der Waals surface area contributed by atoms with E-state index in [4.69, 9.17) is 21.4 Å². The van der Waals surface area contributed by atoms with Gasteiger partial charge in [-0.05, 0) is 51.0 Å². The molecule has 8 nitrogen and oxygen atoms in total. The van der Waals surface area contributed by atoms with Crippen LogP contribution in [0.15, 0.2) is 18.5 Å². The Bertz CT molecular complexity index is 847. The summed E-state index contributed by atoms with van der Waals surface area (Å²) >= 11 is 5.86. The number of piperidine rings is 1. The van der Waals surface area contributed by atoms with E-state index < -0.39 is 0 Å². The normalized spacial score (nSPS) is 14.5. The number of amides is 1. The molecule has 1 fully saturated rings. The van der Waals surface area contributed by atoms with Crippen LogP contribution >= 0.6 is 11.6 Å². The minimum absolute atomic E-state index is 0.0909. The van der Waals surface area contributed by atoms with E-state index >= 15 is 0 Å². The topological polar surface area (TPSA) is 100 Å². The van der Waals surface area contributed by atoms with E-state index in [0.717, 1.165) is 50.3 Å². The van der Waals surface area contributed by atoms with Crippen LogP contribution in [-0.4, -0.2) is 58.8 Å². The summed E-state index contributed by atoms with van der Waals surface area (Å²) in [7, 11) is 0. The number of carbonyl (C=O) groups is 1. The Labute approximate surface area is 188 Å². The lowest BCUT2D eigenvalue weighted by Crippen LogP contribution is -2.34. The van der Waals surface area contributed by atoms with Crippen molar-refractivity contribution in [1.29, 1.82) is 0 Å². The largest absolute Gasteiger partial charge is 0.478 e. The number of aliphatic hydroxyl groups excluding tert-OH is 1. The van der Waals surface area contributed by atoms with Crippen LogP contribution in [-0.2, 0) is 0 Å². The predicted octanol–water partition coefficient (Wildman–Crippen LogP) is 2.94. The number of nitrogens with zero attached hydrogens (tertiary/aromatic N) is 4. The van der Waals surface area contributed by atoms with Crippen LogP contribution in [0.2, 0.25) is 5.02 Å². The maximum Gasteiger partial charge on any atom is 0.253 e. The Morgan fingerprint density at radius 1 is 1.29 bits per heavy atom. The smallest absolute Gasteiger partial charge is 0.253 e. The van der Waals surface area contributed by atoms with Crippen LogP contribution in [0.5, 0.6) is 5.88 Å². The zero-order valence-corrected chi connectivity index (χ0v) is 18.9. The molecule has 168 valence electrons. The number of pyridine rings is 1. The average molecular weight is 448 g/mol. The van der Waals surface area contributed by atoms with Gasteiger partial charge in [-0.3, -0.25) is 4.79 Å². The minimum Gasteiger partial charge on any atom is -0.478 e. The molecule has 0 spiro atoms. The van der Waals surface area contributed by atoms with Gasteiger partial charge in [-0.2, -0.15) is 0 Å². The standard InChI is InChI=1S/C22H30ClN5O3/c1-15-12-19(27-16(2)20(15)21(30)24-7-10-29)31-11-3-4-17-5-8-28(9-6-17)22-25-13-18(23)14-26-22/h12-14,17,29H,3-11H2,1-2H3,(H,24,30). The fourth-order valence-electron chi connectivity index (χ4n) is 3.91. The molecule has 0 atom stereocenters. The van der Waals surface area contributed by atoms with Gasteiger partial charge in [0, 0.05) is 25.7 Å². The van der Waals surface area contributed by atoms with Gasteiger partial charge in [0.2, 0.25) is 11.8 Å². The summed E-state index contributed by atoms with van der Waals surface area (Å²) in [5.41, 5.74) is 1.98. The Hall–Kier alpha value is -2.45. The number of rotatable bonds is 9. The summed E-state index contributed by atoms with van der Waals surface area (Å²) in [5.74, 6) is 1.74. The zero-order chi connectivity index (χ0) is 22.2. The summed E-state index contributed by atoms with van der Waals surface area (Å²) in [6.07, 6.45) is 7.56. The van der Waals surface area contributed by atoms with Gasteiger partial charge < -0.3 is 20.1 Å². The lowest BCUT2D eigenvalue weighted by Gasteiger charge is -2.31. The number of hydrogen-bond acceptors (Lipinski definition) is 7. The number of carbonyl (C=O) groups excluding carboxylic acids is 1. The summed E-state index contributed by atoms with van der Waals surface area (Å²) in [4.78, 5) is 27.4. The van der Waals surface area contributed by atoms with Gasteiger partial charge in [-0.1, -0.05) is 11.6 Å². The van der Waals surface area contributed by atoms with E-state index in [2.05, 4.69) is 25.2 Å². The number of hydrogen-bond donors (Lipinski definition) is 2. The van der Waals surface area contributed by atoms with Crippen LogP contribution in [0, 0.1) is 19.8 Å². The highest BCUT2D eigenvalue weighted by Gasteiger charge is 2.21. The van der Waals surface area contributed by atoms with Gasteiger partial charge in [0.1, 0.15) is 0 Å². The van der Waals surface area contributed by atoms with Gasteiger partial charge in [0.15, 0.2) is 0 Å². The number of aromatic nitrogens is 3. The van der Waals surface area contributed by atoms with Gasteiger partial charge in [-0.15, -0.1) is 0 Å². The predicted molar refractivity (Wildman–Crippen MR) is 120 cm³/mol. The minimum atomic E-state index is -0.224. The highest BCUT2D eigenvalue weighted by Crippen LogP contribution is 2.25. The second-order valence-electron chi connectivity index (χ2n) is 7.84. The average Bonchev–Trinajstić information content (AvgIpc) is 2.76. The van der Waals surface area contributed by atoms with Crippen LogP contribution in [0.25, 0.3) is 0 Å². The number of ether oxygens (including phenoxy) is 1. The number of aliphatic hydroxyl groups is 1. The number of anilines is 1. The molecule has 0 unspecified atom stereocenters. The van der Waals surface area contributed by atoms with Gasteiger partial charge in [0.25, 0.3) is 5.91 Å². The van der Waals surface area contributed by atoms with Crippen molar-refractivity contribution < 1.29 is 14.6 Å². The van der Waals surface area contributed by atoms with Crippen molar-refractivity contribution in [3.05, 3.63) is 40.3 Å². The maximum atomic E-state index is 12.2. The lowest BCUT2D eigenvalue weighted by atomic mass is 9.92. The third kappa shape index (κ3) is 6.51. The number of halogens is 1. The third-order valence-corrected chi connectivity index (χ3v) is 5.70. The first-order valence-corrected chi connectivity index (χ1v) is 11.1. The second-order valence-corrected chi connectivity index (χ2v) is 8.28. The Balaban J connectivity index is 1.41. The quantitative estimate of drug-likeness (QED) is 0.570. The van der Waals surface area contributed by atoms with Crippen molar-refractivity contribution in [3.63, 3.8) is 0 Å². The van der Waals surface area contributed by atoms with Crippen molar-refractivity contribution in [2.45, 2.75) is 39.5 Å². The Morgan fingerprint density at radius 3 is 2.65 bits per heavy atom. The van der Waals surface area contributed by atoms with Crippen molar-refractivity contribution in [2.24, 2.45) is 5.92 Å². The fraction of sp³-hybridized carbons (Fsp3) is 0.545. The lowest BCUT2D eigenvalue weighted by molar-refractivity contribution is 0.0943. The molecule has 0 aromatic carbocycles. The second kappa shape index (κ2) is 11.2. The molecule has 0 saturated carbocycles. The van der Waals surface area contributed by atoms with E-state index in [1.54, 1.807) is 25.4 Å². The molecule has 1 saturated heterocycles. The molecule has 3 heterocycles. The van der Waals surface area contributed by atoms with Gasteiger partial charge >= 0.3 is 0 Å². The number of aryl methyl sites for hydroxylation is 2. The van der Waals surface area contributed by atoms with E-state index in [9.17, 15) is 4.79 Å². The van der Waals surface area contributed by atoms with Gasteiger partial charge in [0.05, 0.1) is 41.9 Å². The maximum absolute atomic E-state index is 12.2. The molecular formula is C22H30ClN5O3. The van der Waals surface area contributed by atoms with Crippen LogP contribution in [0.1, 0.15) is 47.3 Å². The highest BCUT2D eigenvalue weighted by atomic mass is 35.5. The third-order valence-electron chi connectivity index (χ3n) is 5.51. The van der Waals surface area contributed by atoms with E-state index in [1.165, 1.54) is 0 Å². The van der Waals surface area contributed by atoms with Crippen molar-refractivity contribution >= 4 is 23.5 Å². The molecular weight excluding hydrogens is 418 g/mol. The molecule has 1 aliphatic rings. The van der Waals surface area contributed by atoms with E-state index in [1.807, 2.05) is 6.92 Å². The molecule has 1 amide bonds. The molecule has 31 heavy (non-hydrogen) atoms. The number of nitrogens with one attached hydrogen (secondary N) is 1. The zero-order valence-electron chi connectivity index (χ0n) is 18.1.